The summed E-state index contributed by atoms with van der Waals surface area (Å²) in [5, 5.41) is 1.30. The van der Waals surface area contributed by atoms with Gasteiger partial charge in [0.2, 0.25) is 0 Å². The highest BCUT2D eigenvalue weighted by Gasteiger charge is 2.19. The van der Waals surface area contributed by atoms with Crippen LogP contribution < -0.4 is 5.73 Å². The first kappa shape index (κ1) is 11.0. The van der Waals surface area contributed by atoms with Crippen molar-refractivity contribution in [2.24, 2.45) is 10.7 Å². The van der Waals surface area contributed by atoms with Crippen molar-refractivity contribution in [3.63, 3.8) is 0 Å². The number of rotatable bonds is 1. The Labute approximate surface area is 108 Å². The average Bonchev–Trinajstić information content (AvgIpc) is 2.68. The Morgan fingerprint density at radius 2 is 2.06 bits per heavy atom. The number of aromatic nitrogens is 1. The van der Waals surface area contributed by atoms with Gasteiger partial charge in [0, 0.05) is 11.6 Å². The van der Waals surface area contributed by atoms with E-state index in [4.69, 9.17) is 5.73 Å². The first-order chi connectivity index (χ1) is 8.74. The maximum atomic E-state index is 11.6. The number of para-hydroxylation sites is 1. The second-order valence-electron chi connectivity index (χ2n) is 3.78. The van der Waals surface area contributed by atoms with Crippen molar-refractivity contribution in [3.8, 4) is 0 Å². The third kappa shape index (κ3) is 1.89. The van der Waals surface area contributed by atoms with Gasteiger partial charge in [-0.05, 0) is 35.5 Å². The molecule has 0 radical (unpaired) electrons. The number of pyridine rings is 1. The van der Waals surface area contributed by atoms with E-state index in [0.29, 0.717) is 10.1 Å². The van der Waals surface area contributed by atoms with Gasteiger partial charge in [-0.15, -0.1) is 0 Å². The van der Waals surface area contributed by atoms with Gasteiger partial charge in [0.25, 0.3) is 5.91 Å². The molecule has 0 fully saturated rings. The smallest absolute Gasteiger partial charge is 0.286 e. The number of fused-ring (bicyclic) bond motifs is 1. The largest absolute Gasteiger partial charge is 0.378 e. The molecule has 0 bridgehead atoms. The Bertz CT molecular complexity index is 701. The minimum Gasteiger partial charge on any atom is -0.378 e. The molecule has 1 amide bonds. The lowest BCUT2D eigenvalue weighted by molar-refractivity contribution is -0.113. The molecule has 5 heteroatoms. The zero-order valence-electron chi connectivity index (χ0n) is 9.33. The maximum Gasteiger partial charge on any atom is 0.286 e. The molecular weight excluding hydrogens is 246 g/mol. The van der Waals surface area contributed by atoms with Crippen molar-refractivity contribution >= 4 is 39.8 Å². The lowest BCUT2D eigenvalue weighted by Crippen LogP contribution is -2.01. The molecule has 3 rings (SSSR count). The predicted molar refractivity (Wildman–Crippen MR) is 73.9 cm³/mol. The first-order valence-corrected chi connectivity index (χ1v) is 6.17. The lowest BCUT2D eigenvalue weighted by atomic mass is 10.1. The van der Waals surface area contributed by atoms with E-state index in [1.165, 1.54) is 11.8 Å². The van der Waals surface area contributed by atoms with Crippen LogP contribution in [0.1, 0.15) is 5.56 Å². The Hall–Kier alpha value is -2.14. The molecule has 1 aromatic carbocycles. The van der Waals surface area contributed by atoms with Crippen molar-refractivity contribution in [2.75, 3.05) is 0 Å². The summed E-state index contributed by atoms with van der Waals surface area (Å²) in [5.74, 6) is -0.279. The summed E-state index contributed by atoms with van der Waals surface area (Å²) in [6, 6.07) is 9.66. The molecule has 0 aliphatic carbocycles. The molecule has 1 aliphatic rings. The summed E-state index contributed by atoms with van der Waals surface area (Å²) in [4.78, 5) is 20.1. The number of amidine groups is 1. The van der Waals surface area contributed by atoms with E-state index in [9.17, 15) is 4.79 Å². The highest BCUT2D eigenvalue weighted by Crippen LogP contribution is 2.28. The number of hydrogen-bond donors (Lipinski definition) is 1. The van der Waals surface area contributed by atoms with Gasteiger partial charge in [-0.3, -0.25) is 9.78 Å². The number of hydrogen-bond acceptors (Lipinski definition) is 4. The van der Waals surface area contributed by atoms with Gasteiger partial charge in [0.1, 0.15) is 0 Å². The van der Waals surface area contributed by atoms with Crippen molar-refractivity contribution in [2.45, 2.75) is 0 Å². The van der Waals surface area contributed by atoms with E-state index >= 15 is 0 Å². The Morgan fingerprint density at radius 1 is 1.22 bits per heavy atom. The van der Waals surface area contributed by atoms with E-state index in [1.54, 1.807) is 12.3 Å². The first-order valence-electron chi connectivity index (χ1n) is 5.36. The van der Waals surface area contributed by atoms with Gasteiger partial charge < -0.3 is 5.73 Å². The standard InChI is InChI=1S/C13H9N3OS/c14-13-16-12(17)11(18-13)7-8-5-6-15-10-4-2-1-3-9(8)10/h1-7H,(H2,14,16,17)/b11-7+. The van der Waals surface area contributed by atoms with Gasteiger partial charge in [-0.2, -0.15) is 4.99 Å². The van der Waals surface area contributed by atoms with Crippen LogP contribution in [0.15, 0.2) is 46.4 Å². The third-order valence-corrected chi connectivity index (χ3v) is 3.42. The Morgan fingerprint density at radius 3 is 2.83 bits per heavy atom. The molecule has 4 nitrogen and oxygen atoms in total. The molecule has 2 heterocycles. The number of carbonyl (C=O) groups is 1. The molecule has 0 saturated heterocycles. The minimum absolute atomic E-state index is 0.279. The highest BCUT2D eigenvalue weighted by atomic mass is 32.2. The van der Waals surface area contributed by atoms with Gasteiger partial charge in [-0.1, -0.05) is 18.2 Å². The van der Waals surface area contributed by atoms with E-state index in [1.807, 2.05) is 30.3 Å². The molecule has 88 valence electrons. The van der Waals surface area contributed by atoms with E-state index in [2.05, 4.69) is 9.98 Å². The molecule has 0 atom stereocenters. The van der Waals surface area contributed by atoms with Gasteiger partial charge in [-0.25, -0.2) is 0 Å². The molecule has 0 saturated carbocycles. The van der Waals surface area contributed by atoms with Crippen LogP contribution in [0, 0.1) is 0 Å². The van der Waals surface area contributed by atoms with Crippen molar-refractivity contribution in [1.82, 2.24) is 4.98 Å². The van der Waals surface area contributed by atoms with Crippen molar-refractivity contribution in [3.05, 3.63) is 47.0 Å². The van der Waals surface area contributed by atoms with Crippen LogP contribution in [0.25, 0.3) is 17.0 Å². The Kier molecular flexibility index (Phi) is 2.60. The molecule has 1 aliphatic heterocycles. The van der Waals surface area contributed by atoms with Crippen LogP contribution in [-0.2, 0) is 4.79 Å². The summed E-state index contributed by atoms with van der Waals surface area (Å²) >= 11 is 1.20. The van der Waals surface area contributed by atoms with Crippen molar-refractivity contribution in [1.29, 1.82) is 0 Å². The monoisotopic (exact) mass is 255 g/mol. The fourth-order valence-corrected chi connectivity index (χ4v) is 2.48. The zero-order chi connectivity index (χ0) is 12.5. The number of carbonyl (C=O) groups excluding carboxylic acids is 1. The fraction of sp³-hybridized carbons (Fsp3) is 0. The van der Waals surface area contributed by atoms with Crippen LogP contribution >= 0.6 is 11.8 Å². The van der Waals surface area contributed by atoms with E-state index in [-0.39, 0.29) is 5.91 Å². The summed E-state index contributed by atoms with van der Waals surface area (Å²) in [6.07, 6.45) is 3.53. The molecular formula is C13H9N3OS. The summed E-state index contributed by atoms with van der Waals surface area (Å²) in [6.45, 7) is 0. The number of nitrogens with two attached hydrogens (primary N) is 1. The van der Waals surface area contributed by atoms with Crippen molar-refractivity contribution < 1.29 is 4.79 Å². The summed E-state index contributed by atoms with van der Waals surface area (Å²) in [5.41, 5.74) is 7.37. The number of aliphatic imine (C=N–C) groups is 1. The quantitative estimate of drug-likeness (QED) is 0.793. The van der Waals surface area contributed by atoms with E-state index < -0.39 is 0 Å². The second kappa shape index (κ2) is 4.27. The molecule has 0 spiro atoms. The van der Waals surface area contributed by atoms with Crippen LogP contribution in [0.2, 0.25) is 0 Å². The molecule has 18 heavy (non-hydrogen) atoms. The Balaban J connectivity index is 2.11. The van der Waals surface area contributed by atoms with Crippen LogP contribution in [0.5, 0.6) is 0 Å². The molecule has 2 N–H and O–H groups in total. The third-order valence-electron chi connectivity index (χ3n) is 2.61. The van der Waals surface area contributed by atoms with Crippen LogP contribution in [-0.4, -0.2) is 16.1 Å². The molecule has 2 aromatic rings. The number of benzene rings is 1. The van der Waals surface area contributed by atoms with Crippen LogP contribution in [0.4, 0.5) is 0 Å². The topological polar surface area (TPSA) is 68.3 Å². The van der Waals surface area contributed by atoms with Gasteiger partial charge >= 0.3 is 0 Å². The fourth-order valence-electron chi connectivity index (χ4n) is 1.81. The minimum atomic E-state index is -0.279. The maximum absolute atomic E-state index is 11.6. The normalized spacial score (nSPS) is 17.4. The molecule has 0 unspecified atom stereocenters. The average molecular weight is 255 g/mol. The lowest BCUT2D eigenvalue weighted by Gasteiger charge is -2.01. The van der Waals surface area contributed by atoms with E-state index in [0.717, 1.165) is 16.5 Å². The zero-order valence-corrected chi connectivity index (χ0v) is 10.1. The predicted octanol–water partition coefficient (Wildman–Crippen LogP) is 2.16. The number of thioether (sulfide) groups is 1. The number of nitrogens with zero attached hydrogens (tertiary/aromatic N) is 2. The number of amides is 1. The van der Waals surface area contributed by atoms with Gasteiger partial charge in [0.15, 0.2) is 5.17 Å². The van der Waals surface area contributed by atoms with Gasteiger partial charge in [0.05, 0.1) is 10.4 Å². The SMILES string of the molecule is NC1=NC(=O)/C(=C\c2ccnc3ccccc23)S1. The highest BCUT2D eigenvalue weighted by molar-refractivity contribution is 8.18. The van der Waals surface area contributed by atoms with Crippen LogP contribution in [0.3, 0.4) is 0 Å². The molecule has 1 aromatic heterocycles. The summed E-state index contributed by atoms with van der Waals surface area (Å²) < 4.78 is 0. The second-order valence-corrected chi connectivity index (χ2v) is 4.85. The summed E-state index contributed by atoms with van der Waals surface area (Å²) in [7, 11) is 0.